The number of hydrogen-bond acceptors (Lipinski definition) is 4. The van der Waals surface area contributed by atoms with Gasteiger partial charge in [-0.25, -0.2) is 0 Å². The van der Waals surface area contributed by atoms with E-state index in [9.17, 15) is 4.79 Å². The number of carbonyl (C=O) groups is 1. The number of thioether (sulfide) groups is 1. The van der Waals surface area contributed by atoms with E-state index in [-0.39, 0.29) is 36.6 Å². The lowest BCUT2D eigenvalue weighted by Gasteiger charge is -2.43. The molecule has 4 rings (SSSR count). The van der Waals surface area contributed by atoms with Gasteiger partial charge < -0.3 is 11.1 Å². The molecule has 29 heavy (non-hydrogen) atoms. The minimum absolute atomic E-state index is 0. The third-order valence-corrected chi connectivity index (χ3v) is 7.80. The van der Waals surface area contributed by atoms with Crippen LogP contribution in [0.4, 0.5) is 5.69 Å². The second-order valence-corrected chi connectivity index (χ2v) is 9.95. The van der Waals surface area contributed by atoms with E-state index in [4.69, 9.17) is 5.73 Å². The summed E-state index contributed by atoms with van der Waals surface area (Å²) in [7, 11) is 0. The van der Waals surface area contributed by atoms with Crippen LogP contribution in [0.2, 0.25) is 0 Å². The van der Waals surface area contributed by atoms with Gasteiger partial charge in [-0.3, -0.25) is 9.69 Å². The Morgan fingerprint density at radius 1 is 1.17 bits per heavy atom. The van der Waals surface area contributed by atoms with Crippen LogP contribution in [0, 0.1) is 24.7 Å². The molecule has 0 spiro atoms. The normalized spacial score (nSPS) is 29.3. The fraction of sp³-hybridized carbons (Fsp3) is 0.682. The molecule has 0 radical (unpaired) electrons. The summed E-state index contributed by atoms with van der Waals surface area (Å²) < 4.78 is 0. The number of halogens is 2. The Morgan fingerprint density at radius 3 is 2.48 bits per heavy atom. The zero-order chi connectivity index (χ0) is 18.8. The van der Waals surface area contributed by atoms with Crippen LogP contribution < -0.4 is 11.1 Å². The summed E-state index contributed by atoms with van der Waals surface area (Å²) in [6.07, 6.45) is 5.61. The first-order chi connectivity index (χ1) is 13.1. The van der Waals surface area contributed by atoms with Gasteiger partial charge >= 0.3 is 0 Å². The number of rotatable bonds is 4. The van der Waals surface area contributed by atoms with Gasteiger partial charge in [-0.05, 0) is 61.6 Å². The first-order valence-corrected chi connectivity index (χ1v) is 11.7. The number of hydrogen-bond donors (Lipinski definition) is 2. The van der Waals surface area contributed by atoms with Crippen molar-refractivity contribution in [2.45, 2.75) is 51.6 Å². The fourth-order valence-corrected chi connectivity index (χ4v) is 6.14. The van der Waals surface area contributed by atoms with Gasteiger partial charge in [0.25, 0.3) is 0 Å². The first kappa shape index (κ1) is 24.8. The first-order valence-electron chi connectivity index (χ1n) is 10.6. The van der Waals surface area contributed by atoms with Crippen LogP contribution in [0.3, 0.4) is 0 Å². The molecular formula is C22H35Cl2N3OS. The Balaban J connectivity index is 0.00000150. The molecular weight excluding hydrogens is 425 g/mol. The topological polar surface area (TPSA) is 58.4 Å². The van der Waals surface area contributed by atoms with Gasteiger partial charge in [-0.2, -0.15) is 11.8 Å². The average molecular weight is 461 g/mol. The van der Waals surface area contributed by atoms with Gasteiger partial charge in [-0.15, -0.1) is 24.8 Å². The van der Waals surface area contributed by atoms with E-state index in [1.54, 1.807) is 0 Å². The van der Waals surface area contributed by atoms with Gasteiger partial charge in [0.2, 0.25) is 5.91 Å². The van der Waals surface area contributed by atoms with E-state index >= 15 is 0 Å². The maximum Gasteiger partial charge on any atom is 0.227 e. The van der Waals surface area contributed by atoms with E-state index in [0.717, 1.165) is 43.7 Å². The molecule has 1 aliphatic heterocycles. The lowest BCUT2D eigenvalue weighted by atomic mass is 9.65. The fourth-order valence-electron chi connectivity index (χ4n) is 5.16. The smallest absolute Gasteiger partial charge is 0.227 e. The maximum absolute atomic E-state index is 13.0. The van der Waals surface area contributed by atoms with Crippen LogP contribution in [0.5, 0.6) is 0 Å². The Bertz CT molecular complexity index is 670. The van der Waals surface area contributed by atoms with Crippen molar-refractivity contribution in [1.29, 1.82) is 0 Å². The van der Waals surface area contributed by atoms with E-state index in [2.05, 4.69) is 35.3 Å². The summed E-state index contributed by atoms with van der Waals surface area (Å²) in [5.41, 5.74) is 9.83. The Labute approximate surface area is 191 Å². The lowest BCUT2D eigenvalue weighted by Crippen LogP contribution is -2.48. The van der Waals surface area contributed by atoms with Gasteiger partial charge in [0.1, 0.15) is 0 Å². The second-order valence-electron chi connectivity index (χ2n) is 8.72. The molecule has 2 unspecified atom stereocenters. The number of benzene rings is 1. The molecule has 2 atom stereocenters. The third kappa shape index (κ3) is 6.04. The molecule has 2 aliphatic carbocycles. The predicted molar refractivity (Wildman–Crippen MR) is 128 cm³/mol. The van der Waals surface area contributed by atoms with Gasteiger partial charge in [0.05, 0.1) is 0 Å². The number of fused-ring (bicyclic) bond motifs is 2. The number of nitrogens with two attached hydrogens (primary N) is 1. The number of aryl methyl sites for hydroxylation is 1. The molecule has 2 bridgehead atoms. The number of amides is 1. The van der Waals surface area contributed by atoms with Crippen LogP contribution in [-0.4, -0.2) is 41.4 Å². The number of nitrogens with zero attached hydrogens (tertiary/aromatic N) is 1. The minimum atomic E-state index is 0. The van der Waals surface area contributed by atoms with Crippen LogP contribution >= 0.6 is 36.6 Å². The highest BCUT2D eigenvalue weighted by Crippen LogP contribution is 2.42. The SMILES string of the molecule is Cc1ccc(CN2CCSCC2)cc1NC(=O)C1CC2CCCC(C1)C2N.Cl.Cl. The molecule has 1 amide bonds. The monoisotopic (exact) mass is 459 g/mol. The quantitative estimate of drug-likeness (QED) is 0.696. The second kappa shape index (κ2) is 11.2. The predicted octanol–water partition coefficient (Wildman–Crippen LogP) is 4.48. The van der Waals surface area contributed by atoms with Gasteiger partial charge in [-0.1, -0.05) is 18.6 Å². The van der Waals surface area contributed by atoms with E-state index in [1.165, 1.54) is 36.3 Å². The van der Waals surface area contributed by atoms with Crippen LogP contribution in [0.25, 0.3) is 0 Å². The Kier molecular flexibility index (Phi) is 9.62. The Morgan fingerprint density at radius 2 is 1.83 bits per heavy atom. The number of nitrogens with one attached hydrogen (secondary N) is 1. The van der Waals surface area contributed by atoms with E-state index < -0.39 is 0 Å². The Hall–Kier alpha value is -0.460. The van der Waals surface area contributed by atoms with Crippen molar-refractivity contribution < 1.29 is 4.79 Å². The van der Waals surface area contributed by atoms with E-state index in [0.29, 0.717) is 17.9 Å². The van der Waals surface area contributed by atoms with Crippen molar-refractivity contribution in [3.63, 3.8) is 0 Å². The highest BCUT2D eigenvalue weighted by atomic mass is 35.5. The summed E-state index contributed by atoms with van der Waals surface area (Å²) in [6, 6.07) is 6.85. The molecule has 4 nitrogen and oxygen atoms in total. The molecule has 7 heteroatoms. The van der Waals surface area contributed by atoms with Gasteiger partial charge in [0, 0.05) is 48.8 Å². The van der Waals surface area contributed by atoms with Crippen molar-refractivity contribution in [3.05, 3.63) is 29.3 Å². The van der Waals surface area contributed by atoms with Crippen molar-refractivity contribution in [2.24, 2.45) is 23.5 Å². The average Bonchev–Trinajstić information content (AvgIpc) is 2.65. The molecule has 3 aliphatic rings. The summed E-state index contributed by atoms with van der Waals surface area (Å²) in [6.45, 7) is 5.38. The molecule has 1 heterocycles. The molecule has 1 aromatic rings. The number of anilines is 1. The molecule has 3 fully saturated rings. The standard InChI is InChI=1S/C22H33N3OS.2ClH/c1-15-5-6-16(14-25-7-9-27-10-8-25)11-20(15)24-22(26)19-12-17-3-2-4-18(13-19)21(17)23;;/h5-6,11,17-19,21H,2-4,7-10,12-14,23H2,1H3,(H,24,26);2*1H. The van der Waals surface area contributed by atoms with Crippen LogP contribution in [0.1, 0.15) is 43.2 Å². The van der Waals surface area contributed by atoms with E-state index in [1.807, 2.05) is 11.8 Å². The molecule has 164 valence electrons. The summed E-state index contributed by atoms with van der Waals surface area (Å²) in [5.74, 6) is 3.86. The van der Waals surface area contributed by atoms with Crippen LogP contribution in [0.15, 0.2) is 18.2 Å². The van der Waals surface area contributed by atoms with Crippen molar-refractivity contribution in [1.82, 2.24) is 4.90 Å². The molecule has 2 saturated carbocycles. The zero-order valence-electron chi connectivity index (χ0n) is 17.3. The maximum atomic E-state index is 13.0. The molecule has 0 aromatic heterocycles. The van der Waals surface area contributed by atoms with Crippen molar-refractivity contribution in [2.75, 3.05) is 29.9 Å². The summed E-state index contributed by atoms with van der Waals surface area (Å²) in [5, 5.41) is 3.26. The largest absolute Gasteiger partial charge is 0.327 e. The van der Waals surface area contributed by atoms with Crippen molar-refractivity contribution >= 4 is 48.2 Å². The molecule has 3 N–H and O–H groups in total. The zero-order valence-corrected chi connectivity index (χ0v) is 19.7. The lowest BCUT2D eigenvalue weighted by molar-refractivity contribution is -0.122. The molecule has 1 saturated heterocycles. The van der Waals surface area contributed by atoms with Crippen molar-refractivity contribution in [3.8, 4) is 0 Å². The highest BCUT2D eigenvalue weighted by Gasteiger charge is 2.40. The van der Waals surface area contributed by atoms with Gasteiger partial charge in [0.15, 0.2) is 0 Å². The van der Waals surface area contributed by atoms with Crippen LogP contribution in [-0.2, 0) is 11.3 Å². The minimum Gasteiger partial charge on any atom is -0.327 e. The summed E-state index contributed by atoms with van der Waals surface area (Å²) in [4.78, 5) is 15.5. The number of carbonyl (C=O) groups excluding carboxylic acids is 1. The molecule has 1 aromatic carbocycles. The third-order valence-electron chi connectivity index (χ3n) is 6.85. The summed E-state index contributed by atoms with van der Waals surface area (Å²) >= 11 is 2.04. The highest BCUT2D eigenvalue weighted by molar-refractivity contribution is 7.99.